The molecule has 0 bridgehead atoms. The van der Waals surface area contributed by atoms with E-state index in [-0.39, 0.29) is 11.4 Å². The normalized spacial score (nSPS) is 11.8. The third kappa shape index (κ3) is 6.62. The summed E-state index contributed by atoms with van der Waals surface area (Å²) in [5.41, 5.74) is -0.120. The first-order valence-corrected chi connectivity index (χ1v) is 5.01. The molecule has 0 aliphatic carbocycles. The van der Waals surface area contributed by atoms with E-state index in [1.54, 1.807) is 0 Å². The SMILES string of the molecule is CCCC[C](C)C(=O)NC(C)(C)C. The molecule has 0 saturated carbocycles. The molecule has 2 heteroatoms. The molecule has 0 aromatic rings. The molecule has 0 aliphatic heterocycles. The van der Waals surface area contributed by atoms with Crippen LogP contribution in [-0.2, 0) is 4.79 Å². The highest BCUT2D eigenvalue weighted by atomic mass is 16.2. The van der Waals surface area contributed by atoms with Gasteiger partial charge in [0.25, 0.3) is 0 Å². The molecular formula is C11H22NO. The second-order valence-electron chi connectivity index (χ2n) is 4.59. The molecule has 2 nitrogen and oxygen atoms in total. The van der Waals surface area contributed by atoms with Crippen molar-refractivity contribution in [3.8, 4) is 0 Å². The average molecular weight is 184 g/mol. The Morgan fingerprint density at radius 3 is 2.23 bits per heavy atom. The van der Waals surface area contributed by atoms with Crippen molar-refractivity contribution in [2.75, 3.05) is 0 Å². The fourth-order valence-corrected chi connectivity index (χ4v) is 1.00. The zero-order chi connectivity index (χ0) is 10.5. The molecule has 0 atom stereocenters. The molecule has 0 aromatic heterocycles. The molecule has 1 N–H and O–H groups in total. The lowest BCUT2D eigenvalue weighted by Crippen LogP contribution is -2.42. The molecule has 1 radical (unpaired) electrons. The van der Waals surface area contributed by atoms with E-state index in [0.717, 1.165) is 25.2 Å². The number of hydrogen-bond acceptors (Lipinski definition) is 1. The van der Waals surface area contributed by atoms with Crippen LogP contribution in [0.15, 0.2) is 0 Å². The molecule has 0 heterocycles. The Morgan fingerprint density at radius 2 is 1.85 bits per heavy atom. The third-order valence-corrected chi connectivity index (χ3v) is 1.78. The average Bonchev–Trinajstić information content (AvgIpc) is 1.96. The van der Waals surface area contributed by atoms with Gasteiger partial charge in [-0.25, -0.2) is 0 Å². The highest BCUT2D eigenvalue weighted by molar-refractivity contribution is 5.89. The number of nitrogens with one attached hydrogen (secondary N) is 1. The van der Waals surface area contributed by atoms with Gasteiger partial charge >= 0.3 is 0 Å². The van der Waals surface area contributed by atoms with Crippen LogP contribution in [0.3, 0.4) is 0 Å². The van der Waals surface area contributed by atoms with Gasteiger partial charge in [-0.2, -0.15) is 0 Å². The minimum Gasteiger partial charge on any atom is -0.351 e. The molecule has 0 aromatic carbocycles. The molecule has 0 saturated heterocycles. The molecular weight excluding hydrogens is 162 g/mol. The standard InChI is InChI=1S/C11H22NO/c1-6-7-8-9(2)10(13)12-11(3,4)5/h6-8H2,1-5H3,(H,12,13). The van der Waals surface area contributed by atoms with Gasteiger partial charge < -0.3 is 5.32 Å². The van der Waals surface area contributed by atoms with Crippen molar-refractivity contribution in [2.24, 2.45) is 0 Å². The predicted molar refractivity (Wildman–Crippen MR) is 56.3 cm³/mol. The van der Waals surface area contributed by atoms with Crippen LogP contribution < -0.4 is 5.32 Å². The molecule has 0 spiro atoms. The van der Waals surface area contributed by atoms with Crippen molar-refractivity contribution in [1.82, 2.24) is 5.32 Å². The highest BCUT2D eigenvalue weighted by Gasteiger charge is 2.18. The van der Waals surface area contributed by atoms with Gasteiger partial charge in [0.15, 0.2) is 0 Å². The lowest BCUT2D eigenvalue weighted by atomic mass is 10.0. The number of hydrogen-bond donors (Lipinski definition) is 1. The lowest BCUT2D eigenvalue weighted by Gasteiger charge is -2.22. The van der Waals surface area contributed by atoms with Crippen molar-refractivity contribution < 1.29 is 4.79 Å². The number of unbranched alkanes of at least 4 members (excludes halogenated alkanes) is 1. The first kappa shape index (κ1) is 12.5. The summed E-state index contributed by atoms with van der Waals surface area (Å²) in [6.07, 6.45) is 3.15. The van der Waals surface area contributed by atoms with E-state index >= 15 is 0 Å². The van der Waals surface area contributed by atoms with Gasteiger partial charge in [-0.15, -0.1) is 0 Å². The molecule has 0 aliphatic rings. The van der Waals surface area contributed by atoms with E-state index in [4.69, 9.17) is 0 Å². The Bertz CT molecular complexity index is 158. The Hall–Kier alpha value is -0.530. The number of rotatable bonds is 4. The van der Waals surface area contributed by atoms with Crippen LogP contribution in [0.4, 0.5) is 0 Å². The van der Waals surface area contributed by atoms with Crippen LogP contribution in [0.1, 0.15) is 53.9 Å². The Balaban J connectivity index is 3.83. The van der Waals surface area contributed by atoms with Gasteiger partial charge in [-0.3, -0.25) is 4.79 Å². The van der Waals surface area contributed by atoms with Crippen molar-refractivity contribution in [2.45, 2.75) is 59.4 Å². The minimum absolute atomic E-state index is 0.0981. The van der Waals surface area contributed by atoms with Crippen LogP contribution in [0.5, 0.6) is 0 Å². The van der Waals surface area contributed by atoms with Crippen LogP contribution in [0.25, 0.3) is 0 Å². The van der Waals surface area contributed by atoms with Crippen LogP contribution in [0.2, 0.25) is 0 Å². The topological polar surface area (TPSA) is 29.1 Å². The quantitative estimate of drug-likeness (QED) is 0.715. The summed E-state index contributed by atoms with van der Waals surface area (Å²) < 4.78 is 0. The summed E-state index contributed by atoms with van der Waals surface area (Å²) in [5, 5.41) is 2.95. The summed E-state index contributed by atoms with van der Waals surface area (Å²) in [4.78, 5) is 11.5. The number of carbonyl (C=O) groups is 1. The third-order valence-electron chi connectivity index (χ3n) is 1.78. The number of amides is 1. The van der Waals surface area contributed by atoms with Crippen molar-refractivity contribution in [3.05, 3.63) is 5.92 Å². The maximum atomic E-state index is 11.5. The summed E-state index contributed by atoms with van der Waals surface area (Å²) in [7, 11) is 0. The zero-order valence-electron chi connectivity index (χ0n) is 9.53. The Kier molecular flexibility index (Phi) is 5.04. The van der Waals surface area contributed by atoms with Gasteiger partial charge in [0, 0.05) is 5.54 Å². The molecule has 1 amide bonds. The molecule has 77 valence electrons. The first-order valence-electron chi connectivity index (χ1n) is 5.01. The molecule has 0 fully saturated rings. The molecule has 0 unspecified atom stereocenters. The summed E-state index contributed by atoms with van der Waals surface area (Å²) in [5.74, 6) is 1.04. The van der Waals surface area contributed by atoms with Gasteiger partial charge in [0.2, 0.25) is 5.91 Å². The monoisotopic (exact) mass is 184 g/mol. The largest absolute Gasteiger partial charge is 0.351 e. The van der Waals surface area contributed by atoms with Crippen LogP contribution in [0, 0.1) is 5.92 Å². The zero-order valence-corrected chi connectivity index (χ0v) is 9.53. The van der Waals surface area contributed by atoms with E-state index in [1.165, 1.54) is 0 Å². The minimum atomic E-state index is -0.120. The van der Waals surface area contributed by atoms with Crippen LogP contribution in [-0.4, -0.2) is 11.4 Å². The van der Waals surface area contributed by atoms with Gasteiger partial charge in [0.05, 0.1) is 5.92 Å². The Morgan fingerprint density at radius 1 is 1.31 bits per heavy atom. The van der Waals surface area contributed by atoms with Crippen LogP contribution >= 0.6 is 0 Å². The maximum Gasteiger partial charge on any atom is 0.227 e. The van der Waals surface area contributed by atoms with Crippen molar-refractivity contribution in [1.29, 1.82) is 0 Å². The van der Waals surface area contributed by atoms with Gasteiger partial charge in [-0.1, -0.05) is 19.8 Å². The Labute approximate surface area is 82.1 Å². The predicted octanol–water partition coefficient (Wildman–Crippen LogP) is 2.69. The first-order chi connectivity index (χ1) is 5.87. The highest BCUT2D eigenvalue weighted by Crippen LogP contribution is 2.11. The van der Waals surface area contributed by atoms with Gasteiger partial charge in [-0.05, 0) is 34.1 Å². The smallest absolute Gasteiger partial charge is 0.227 e. The van der Waals surface area contributed by atoms with E-state index in [9.17, 15) is 4.79 Å². The number of carbonyl (C=O) groups excluding carboxylic acids is 1. The second-order valence-corrected chi connectivity index (χ2v) is 4.59. The van der Waals surface area contributed by atoms with E-state index in [1.807, 2.05) is 27.7 Å². The summed E-state index contributed by atoms with van der Waals surface area (Å²) in [6.45, 7) is 10.0. The van der Waals surface area contributed by atoms with E-state index in [0.29, 0.717) is 0 Å². The fraction of sp³-hybridized carbons (Fsp3) is 0.818. The summed E-state index contributed by atoms with van der Waals surface area (Å²) in [6, 6.07) is 0. The lowest BCUT2D eigenvalue weighted by molar-refractivity contribution is -0.120. The van der Waals surface area contributed by atoms with E-state index in [2.05, 4.69) is 12.2 Å². The fourth-order valence-electron chi connectivity index (χ4n) is 1.00. The molecule has 13 heavy (non-hydrogen) atoms. The van der Waals surface area contributed by atoms with Crippen molar-refractivity contribution in [3.63, 3.8) is 0 Å². The molecule has 0 rings (SSSR count). The summed E-state index contributed by atoms with van der Waals surface area (Å²) >= 11 is 0. The van der Waals surface area contributed by atoms with E-state index < -0.39 is 0 Å². The maximum absolute atomic E-state index is 11.5. The second kappa shape index (κ2) is 5.25. The van der Waals surface area contributed by atoms with Gasteiger partial charge in [0.1, 0.15) is 0 Å². The van der Waals surface area contributed by atoms with Crippen molar-refractivity contribution >= 4 is 5.91 Å².